The van der Waals surface area contributed by atoms with Gasteiger partial charge in [-0.3, -0.25) is 9.59 Å². The zero-order valence-electron chi connectivity index (χ0n) is 15.4. The van der Waals surface area contributed by atoms with Crippen LogP contribution in [0.3, 0.4) is 0 Å². The van der Waals surface area contributed by atoms with E-state index in [1.165, 1.54) is 43.5 Å². The van der Waals surface area contributed by atoms with Crippen molar-refractivity contribution in [3.05, 3.63) is 58.9 Å². The first-order valence-electron chi connectivity index (χ1n) is 8.64. The van der Waals surface area contributed by atoms with E-state index in [2.05, 4.69) is 5.32 Å². The van der Waals surface area contributed by atoms with Crippen molar-refractivity contribution in [2.75, 3.05) is 20.2 Å². The highest BCUT2D eigenvalue weighted by atomic mass is 35.5. The third-order valence-corrected chi connectivity index (χ3v) is 6.59. The number of amides is 2. The van der Waals surface area contributed by atoms with Crippen LogP contribution in [0.1, 0.15) is 5.56 Å². The van der Waals surface area contributed by atoms with Gasteiger partial charge < -0.3 is 10.1 Å². The molecule has 0 aromatic heterocycles. The fraction of sp³-hybridized carbons (Fsp3) is 0.263. The van der Waals surface area contributed by atoms with Crippen LogP contribution in [0, 0.1) is 11.7 Å². The molecule has 1 aliphatic rings. The molecule has 1 fully saturated rings. The van der Waals surface area contributed by atoms with Crippen molar-refractivity contribution >= 4 is 33.4 Å². The minimum atomic E-state index is -4.30. The van der Waals surface area contributed by atoms with E-state index in [0.717, 1.165) is 0 Å². The second-order valence-electron chi connectivity index (χ2n) is 6.43. The average molecular weight is 441 g/mol. The Morgan fingerprint density at radius 2 is 1.90 bits per heavy atom. The van der Waals surface area contributed by atoms with Crippen LogP contribution in [0.5, 0.6) is 5.75 Å². The number of hydrogen-bond acceptors (Lipinski definition) is 5. The van der Waals surface area contributed by atoms with E-state index in [-0.39, 0.29) is 29.2 Å². The molecule has 0 radical (unpaired) electrons. The summed E-state index contributed by atoms with van der Waals surface area (Å²) in [5.74, 6) is -2.77. The molecule has 1 heterocycles. The van der Waals surface area contributed by atoms with E-state index >= 15 is 0 Å². The molecule has 1 N–H and O–H groups in total. The Balaban J connectivity index is 1.97. The lowest BCUT2D eigenvalue weighted by Crippen LogP contribution is -2.42. The summed E-state index contributed by atoms with van der Waals surface area (Å²) in [6.45, 7) is -0.781. The molecule has 0 aliphatic carbocycles. The Labute approximate surface area is 172 Å². The van der Waals surface area contributed by atoms with Crippen LogP contribution in [0.4, 0.5) is 4.39 Å². The molecule has 10 heteroatoms. The van der Waals surface area contributed by atoms with Crippen LogP contribution in [-0.4, -0.2) is 44.7 Å². The van der Waals surface area contributed by atoms with Crippen LogP contribution in [-0.2, 0) is 26.0 Å². The number of methoxy groups -OCH3 is 1. The molecule has 2 amide bonds. The predicted octanol–water partition coefficient (Wildman–Crippen LogP) is 1.99. The number of carbonyl (C=O) groups excluding carboxylic acids is 2. The summed E-state index contributed by atoms with van der Waals surface area (Å²) in [6, 6.07) is 9.48. The standard InChI is InChI=1S/C19H18ClFN2O5S/c1-28-17-4-2-3-16(21)15(17)9-12-10-22-18(24)11-23(19(12)25)29(26,27)14-7-5-13(20)6-8-14/h2-8,12H,9-11H2,1H3,(H,22,24). The van der Waals surface area contributed by atoms with Gasteiger partial charge in [-0.05, 0) is 42.8 Å². The van der Waals surface area contributed by atoms with Crippen molar-refractivity contribution in [3.8, 4) is 5.75 Å². The molecule has 0 spiro atoms. The van der Waals surface area contributed by atoms with Crippen LogP contribution >= 0.6 is 11.6 Å². The van der Waals surface area contributed by atoms with Gasteiger partial charge in [-0.25, -0.2) is 17.1 Å². The molecule has 2 aromatic carbocycles. The highest BCUT2D eigenvalue weighted by molar-refractivity contribution is 7.89. The van der Waals surface area contributed by atoms with E-state index in [4.69, 9.17) is 16.3 Å². The molecule has 1 unspecified atom stereocenters. The number of benzene rings is 2. The van der Waals surface area contributed by atoms with Gasteiger partial charge in [-0.1, -0.05) is 17.7 Å². The minimum Gasteiger partial charge on any atom is -0.496 e. The summed E-state index contributed by atoms with van der Waals surface area (Å²) < 4.78 is 45.9. The molecular weight excluding hydrogens is 423 g/mol. The van der Waals surface area contributed by atoms with Crippen LogP contribution in [0.15, 0.2) is 47.4 Å². The van der Waals surface area contributed by atoms with Crippen LogP contribution in [0.2, 0.25) is 5.02 Å². The summed E-state index contributed by atoms with van der Waals surface area (Å²) in [7, 11) is -2.93. The largest absolute Gasteiger partial charge is 0.496 e. The van der Waals surface area contributed by atoms with Crippen molar-refractivity contribution < 1.29 is 27.1 Å². The first-order valence-corrected chi connectivity index (χ1v) is 10.5. The number of sulfonamides is 1. The third-order valence-electron chi connectivity index (χ3n) is 4.58. The van der Waals surface area contributed by atoms with E-state index in [9.17, 15) is 22.4 Å². The fourth-order valence-electron chi connectivity index (χ4n) is 3.06. The van der Waals surface area contributed by atoms with Gasteiger partial charge in [0.1, 0.15) is 18.1 Å². The number of rotatable bonds is 5. The van der Waals surface area contributed by atoms with Crippen LogP contribution in [0.25, 0.3) is 0 Å². The normalized spacial score (nSPS) is 17.6. The number of carbonyl (C=O) groups is 2. The Kier molecular flexibility index (Phi) is 6.09. The number of ether oxygens (including phenoxy) is 1. The van der Waals surface area contributed by atoms with Gasteiger partial charge in [-0.2, -0.15) is 0 Å². The zero-order valence-corrected chi connectivity index (χ0v) is 17.0. The SMILES string of the molecule is COc1cccc(F)c1CC1CNC(=O)CN(S(=O)(=O)c2ccc(Cl)cc2)C1=O. The molecule has 1 atom stereocenters. The fourth-order valence-corrected chi connectivity index (χ4v) is 4.60. The maximum absolute atomic E-state index is 14.3. The van der Waals surface area contributed by atoms with E-state index in [1.807, 2.05) is 0 Å². The smallest absolute Gasteiger partial charge is 0.266 e. The van der Waals surface area contributed by atoms with E-state index < -0.39 is 40.1 Å². The summed E-state index contributed by atoms with van der Waals surface area (Å²) in [5, 5.41) is 2.84. The first kappa shape index (κ1) is 21.1. The summed E-state index contributed by atoms with van der Waals surface area (Å²) in [5.41, 5.74) is 0.133. The summed E-state index contributed by atoms with van der Waals surface area (Å²) >= 11 is 5.80. The molecule has 7 nitrogen and oxygen atoms in total. The number of hydrogen-bond donors (Lipinski definition) is 1. The second-order valence-corrected chi connectivity index (χ2v) is 8.73. The highest BCUT2D eigenvalue weighted by Gasteiger charge is 2.38. The topological polar surface area (TPSA) is 92.8 Å². The highest BCUT2D eigenvalue weighted by Crippen LogP contribution is 2.27. The predicted molar refractivity (Wildman–Crippen MR) is 104 cm³/mol. The molecule has 1 aliphatic heterocycles. The number of nitrogens with zero attached hydrogens (tertiary/aromatic N) is 1. The van der Waals surface area contributed by atoms with Crippen molar-refractivity contribution in [1.29, 1.82) is 0 Å². The summed E-state index contributed by atoms with van der Waals surface area (Å²) in [6.07, 6.45) is -0.137. The maximum Gasteiger partial charge on any atom is 0.266 e. The van der Waals surface area contributed by atoms with Gasteiger partial charge >= 0.3 is 0 Å². The minimum absolute atomic E-state index is 0.123. The lowest BCUT2D eigenvalue weighted by atomic mass is 9.97. The molecule has 2 aromatic rings. The Morgan fingerprint density at radius 1 is 1.21 bits per heavy atom. The van der Waals surface area contributed by atoms with Gasteiger partial charge in [-0.15, -0.1) is 0 Å². The zero-order chi connectivity index (χ0) is 21.2. The number of nitrogens with one attached hydrogen (secondary N) is 1. The van der Waals surface area contributed by atoms with Crippen molar-refractivity contribution in [2.45, 2.75) is 11.3 Å². The molecular formula is C19H18ClFN2O5S. The monoisotopic (exact) mass is 440 g/mol. The Hall–Kier alpha value is -2.65. The van der Waals surface area contributed by atoms with Crippen molar-refractivity contribution in [3.63, 3.8) is 0 Å². The number of halogens is 2. The van der Waals surface area contributed by atoms with E-state index in [1.54, 1.807) is 6.07 Å². The van der Waals surface area contributed by atoms with Gasteiger partial charge in [0.25, 0.3) is 10.0 Å². The lowest BCUT2D eigenvalue weighted by Gasteiger charge is -2.23. The van der Waals surface area contributed by atoms with Gasteiger partial charge in [0, 0.05) is 17.1 Å². The molecule has 154 valence electrons. The maximum atomic E-state index is 14.3. The van der Waals surface area contributed by atoms with E-state index in [0.29, 0.717) is 9.33 Å². The van der Waals surface area contributed by atoms with Crippen LogP contribution < -0.4 is 10.1 Å². The van der Waals surface area contributed by atoms with Gasteiger partial charge in [0.05, 0.1) is 17.9 Å². The lowest BCUT2D eigenvalue weighted by molar-refractivity contribution is -0.131. The van der Waals surface area contributed by atoms with Crippen molar-refractivity contribution in [2.24, 2.45) is 5.92 Å². The van der Waals surface area contributed by atoms with Crippen molar-refractivity contribution in [1.82, 2.24) is 9.62 Å². The average Bonchev–Trinajstić information content (AvgIpc) is 2.83. The molecule has 3 rings (SSSR count). The van der Waals surface area contributed by atoms with Gasteiger partial charge in [0.15, 0.2) is 0 Å². The summed E-state index contributed by atoms with van der Waals surface area (Å²) in [4.78, 5) is 25.0. The molecule has 0 bridgehead atoms. The quantitative estimate of drug-likeness (QED) is 0.767. The second kappa shape index (κ2) is 8.38. The first-order chi connectivity index (χ1) is 13.7. The third kappa shape index (κ3) is 4.35. The molecule has 0 saturated carbocycles. The molecule has 1 saturated heterocycles. The molecule has 29 heavy (non-hydrogen) atoms. The van der Waals surface area contributed by atoms with Gasteiger partial charge in [0.2, 0.25) is 11.8 Å². The Morgan fingerprint density at radius 3 is 2.55 bits per heavy atom. The Bertz CT molecular complexity index is 1040.